The minimum Gasteiger partial charge on any atom is -0.492 e. The molecule has 1 aliphatic heterocycles. The Bertz CT molecular complexity index is 1330. The first-order valence-electron chi connectivity index (χ1n) is 12.3. The number of anilines is 1. The van der Waals surface area contributed by atoms with Gasteiger partial charge in [-0.05, 0) is 61.1 Å². The van der Waals surface area contributed by atoms with Crippen molar-refractivity contribution in [3.63, 3.8) is 0 Å². The van der Waals surface area contributed by atoms with Crippen LogP contribution in [0.2, 0.25) is 0 Å². The van der Waals surface area contributed by atoms with E-state index in [9.17, 15) is 28.4 Å². The Morgan fingerprint density at radius 1 is 1.16 bits per heavy atom. The van der Waals surface area contributed by atoms with Crippen LogP contribution in [0, 0.1) is 23.2 Å². The molecule has 3 rings (SSSR count). The van der Waals surface area contributed by atoms with Gasteiger partial charge in [-0.3, -0.25) is 9.10 Å². The average Bonchev–Trinajstić information content (AvgIpc) is 2.89. The van der Waals surface area contributed by atoms with E-state index in [1.54, 1.807) is 14.1 Å². The van der Waals surface area contributed by atoms with Gasteiger partial charge in [0.15, 0.2) is 0 Å². The van der Waals surface area contributed by atoms with Crippen LogP contribution in [0.1, 0.15) is 53.0 Å². The largest absolute Gasteiger partial charge is 0.492 e. The van der Waals surface area contributed by atoms with Crippen LogP contribution in [0.25, 0.3) is 0 Å². The zero-order chi connectivity index (χ0) is 28.0. The number of rotatable bonds is 10. The van der Waals surface area contributed by atoms with Crippen LogP contribution >= 0.6 is 0 Å². The van der Waals surface area contributed by atoms with Crippen molar-refractivity contribution in [3.05, 3.63) is 53.1 Å². The van der Waals surface area contributed by atoms with Gasteiger partial charge in [0.2, 0.25) is 0 Å². The van der Waals surface area contributed by atoms with Crippen molar-refractivity contribution < 1.29 is 32.6 Å². The molecule has 1 saturated heterocycles. The molecule has 1 heterocycles. The molecule has 0 saturated carbocycles. The maximum atomic E-state index is 13.8. The zero-order valence-electron chi connectivity index (χ0n) is 22.0. The Morgan fingerprint density at radius 2 is 1.84 bits per heavy atom. The summed E-state index contributed by atoms with van der Waals surface area (Å²) in [6, 6.07) is 10.00. The Labute approximate surface area is 223 Å². The molecule has 11 heteroatoms. The van der Waals surface area contributed by atoms with Crippen LogP contribution in [0.3, 0.4) is 0 Å². The highest BCUT2D eigenvalue weighted by molar-refractivity contribution is 7.92. The molecule has 2 aromatic carbocycles. The summed E-state index contributed by atoms with van der Waals surface area (Å²) < 4.78 is 39.9. The Balaban J connectivity index is 2.01. The van der Waals surface area contributed by atoms with E-state index in [2.05, 4.69) is 0 Å². The van der Waals surface area contributed by atoms with E-state index in [-0.39, 0.29) is 57.3 Å². The van der Waals surface area contributed by atoms with Gasteiger partial charge in [0.05, 0.1) is 22.8 Å². The summed E-state index contributed by atoms with van der Waals surface area (Å²) in [5.74, 6) is -1.46. The summed E-state index contributed by atoms with van der Waals surface area (Å²) in [6.45, 7) is 5.24. The van der Waals surface area contributed by atoms with Gasteiger partial charge in [0, 0.05) is 39.4 Å². The number of carbonyl (C=O) groups excluding carboxylic acids is 1. The number of nitriles is 1. The fourth-order valence-electron chi connectivity index (χ4n) is 4.10. The highest BCUT2D eigenvalue weighted by atomic mass is 32.2. The van der Waals surface area contributed by atoms with E-state index in [1.165, 1.54) is 35.2 Å². The van der Waals surface area contributed by atoms with Crippen LogP contribution in [-0.4, -0.2) is 70.8 Å². The van der Waals surface area contributed by atoms with Gasteiger partial charge in [-0.1, -0.05) is 13.8 Å². The van der Waals surface area contributed by atoms with E-state index in [0.29, 0.717) is 19.8 Å². The first-order chi connectivity index (χ1) is 17.9. The minimum absolute atomic E-state index is 0.0109. The van der Waals surface area contributed by atoms with Crippen molar-refractivity contribution in [3.8, 4) is 11.8 Å². The fourth-order valence-corrected chi connectivity index (χ4v) is 5.78. The fraction of sp³-hybridized carbons (Fsp3) is 0.444. The first-order valence-corrected chi connectivity index (χ1v) is 13.8. The second kappa shape index (κ2) is 12.3. The molecular weight excluding hydrogens is 510 g/mol. The van der Waals surface area contributed by atoms with Crippen molar-refractivity contribution >= 4 is 27.6 Å². The third-order valence-corrected chi connectivity index (χ3v) is 7.93. The number of carbonyl (C=O) groups is 2. The number of carboxylic acids is 1. The van der Waals surface area contributed by atoms with Crippen LogP contribution < -0.4 is 9.04 Å². The number of ether oxygens (including phenoxy) is 2. The second-order valence-corrected chi connectivity index (χ2v) is 11.7. The number of hydrogen-bond donors (Lipinski definition) is 1. The van der Waals surface area contributed by atoms with Gasteiger partial charge in [-0.25, -0.2) is 13.2 Å². The number of benzene rings is 2. The second-order valence-electron chi connectivity index (χ2n) is 9.80. The van der Waals surface area contributed by atoms with Crippen LogP contribution in [0.5, 0.6) is 5.75 Å². The number of hydrogen-bond acceptors (Lipinski definition) is 7. The van der Waals surface area contributed by atoms with E-state index >= 15 is 0 Å². The molecule has 1 amide bonds. The number of amides is 1. The van der Waals surface area contributed by atoms with E-state index in [0.717, 1.165) is 23.2 Å². The van der Waals surface area contributed by atoms with Crippen molar-refractivity contribution in [2.24, 2.45) is 11.8 Å². The molecule has 1 fully saturated rings. The lowest BCUT2D eigenvalue weighted by molar-refractivity contribution is 0.0490. The molecular formula is C27H33N3O7S. The van der Waals surface area contributed by atoms with Gasteiger partial charge in [0.25, 0.3) is 15.9 Å². The number of nitrogens with zero attached hydrogens (tertiary/aromatic N) is 3. The number of sulfonamides is 1. The van der Waals surface area contributed by atoms with E-state index in [4.69, 9.17) is 9.47 Å². The summed E-state index contributed by atoms with van der Waals surface area (Å²) in [6.07, 6.45) is 1.61. The molecule has 0 unspecified atom stereocenters. The molecule has 10 nitrogen and oxygen atoms in total. The maximum Gasteiger partial charge on any atom is 0.339 e. The minimum atomic E-state index is -4.29. The average molecular weight is 544 g/mol. The standard InChI is InChI=1S/C27H33N3O7S/c1-18(2)16-30(24-7-5-20(13-21(24)15-28)26(31)29(3)4)38(34,35)22-6-8-25(23(14-22)27(32)33)37-17-19-9-11-36-12-10-19/h5-8,13-14,18-19H,9-12,16-17H2,1-4H3,(H,32,33). The highest BCUT2D eigenvalue weighted by Gasteiger charge is 2.30. The van der Waals surface area contributed by atoms with Gasteiger partial charge >= 0.3 is 5.97 Å². The first kappa shape index (κ1) is 28.9. The predicted molar refractivity (Wildman–Crippen MR) is 141 cm³/mol. The third-order valence-electron chi connectivity index (χ3n) is 6.15. The van der Waals surface area contributed by atoms with Crippen molar-refractivity contribution in [1.82, 2.24) is 4.90 Å². The Kier molecular flexibility index (Phi) is 9.36. The van der Waals surface area contributed by atoms with Crippen LogP contribution in [-0.2, 0) is 14.8 Å². The lowest BCUT2D eigenvalue weighted by atomic mass is 10.0. The van der Waals surface area contributed by atoms with Crippen molar-refractivity contribution in [2.45, 2.75) is 31.6 Å². The summed E-state index contributed by atoms with van der Waals surface area (Å²) in [4.78, 5) is 25.5. The van der Waals surface area contributed by atoms with Crippen LogP contribution in [0.4, 0.5) is 5.69 Å². The summed E-state index contributed by atoms with van der Waals surface area (Å²) in [7, 11) is -1.13. The summed E-state index contributed by atoms with van der Waals surface area (Å²) >= 11 is 0. The van der Waals surface area contributed by atoms with Crippen molar-refractivity contribution in [1.29, 1.82) is 5.26 Å². The molecule has 1 N–H and O–H groups in total. The molecule has 0 radical (unpaired) electrons. The van der Waals surface area contributed by atoms with E-state index < -0.39 is 16.0 Å². The molecule has 2 aromatic rings. The number of aromatic carboxylic acids is 1. The molecule has 204 valence electrons. The summed E-state index contributed by atoms with van der Waals surface area (Å²) in [5, 5.41) is 19.6. The van der Waals surface area contributed by atoms with E-state index in [1.807, 2.05) is 19.9 Å². The molecule has 38 heavy (non-hydrogen) atoms. The highest BCUT2D eigenvalue weighted by Crippen LogP contribution is 2.32. The lowest BCUT2D eigenvalue weighted by Gasteiger charge is -2.28. The normalized spacial score (nSPS) is 14.1. The Hall–Kier alpha value is -3.62. The lowest BCUT2D eigenvalue weighted by Crippen LogP contribution is -2.35. The maximum absolute atomic E-state index is 13.8. The SMILES string of the molecule is CC(C)CN(c1ccc(C(=O)N(C)C)cc1C#N)S(=O)(=O)c1ccc(OCC2CCOCC2)c(C(=O)O)c1. The summed E-state index contributed by atoms with van der Waals surface area (Å²) in [5.41, 5.74) is 0.0940. The Morgan fingerprint density at radius 3 is 2.42 bits per heavy atom. The quantitative estimate of drug-likeness (QED) is 0.480. The third kappa shape index (κ3) is 6.62. The molecule has 0 aliphatic carbocycles. The molecule has 0 atom stereocenters. The van der Waals surface area contributed by atoms with Crippen molar-refractivity contribution in [2.75, 3.05) is 44.8 Å². The van der Waals surface area contributed by atoms with Gasteiger partial charge in [0.1, 0.15) is 17.4 Å². The smallest absolute Gasteiger partial charge is 0.339 e. The monoisotopic (exact) mass is 543 g/mol. The van der Waals surface area contributed by atoms with Gasteiger partial charge < -0.3 is 19.5 Å². The number of carboxylic acid groups (broad SMARTS) is 1. The molecule has 0 spiro atoms. The predicted octanol–water partition coefficient (Wildman–Crippen LogP) is 3.61. The molecule has 0 bridgehead atoms. The van der Waals surface area contributed by atoms with Gasteiger partial charge in [-0.15, -0.1) is 0 Å². The van der Waals surface area contributed by atoms with Gasteiger partial charge in [-0.2, -0.15) is 5.26 Å². The topological polar surface area (TPSA) is 137 Å². The zero-order valence-corrected chi connectivity index (χ0v) is 22.8. The molecule has 0 aromatic heterocycles. The molecule has 1 aliphatic rings. The van der Waals surface area contributed by atoms with Crippen LogP contribution in [0.15, 0.2) is 41.3 Å².